The van der Waals surface area contributed by atoms with E-state index >= 15 is 0 Å². The molecule has 4 nitrogen and oxygen atoms in total. The van der Waals surface area contributed by atoms with E-state index in [1.54, 1.807) is 0 Å². The average molecular weight is 407 g/mol. The Labute approximate surface area is 177 Å². The lowest BCUT2D eigenvalue weighted by Crippen LogP contribution is -2.16. The number of rotatable bonds is 15. The van der Waals surface area contributed by atoms with Gasteiger partial charge in [0.25, 0.3) is 0 Å². The molecule has 1 saturated carbocycles. The molecule has 2 rings (SSSR count). The van der Waals surface area contributed by atoms with Crippen molar-refractivity contribution in [1.29, 1.82) is 0 Å². The van der Waals surface area contributed by atoms with Crippen LogP contribution in [0.2, 0.25) is 0 Å². The minimum atomic E-state index is -0.713. The topological polar surface area (TPSA) is 77.8 Å². The van der Waals surface area contributed by atoms with E-state index in [9.17, 15) is 15.0 Å². The molecular formula is C25H42O4. The zero-order valence-electron chi connectivity index (χ0n) is 18.5. The van der Waals surface area contributed by atoms with Crippen LogP contribution >= 0.6 is 0 Å². The van der Waals surface area contributed by atoms with Crippen molar-refractivity contribution in [3.8, 4) is 0 Å². The van der Waals surface area contributed by atoms with Gasteiger partial charge in [-0.3, -0.25) is 4.79 Å². The molecule has 0 bridgehead atoms. The van der Waals surface area contributed by atoms with Crippen LogP contribution in [0.4, 0.5) is 0 Å². The summed E-state index contributed by atoms with van der Waals surface area (Å²) in [6.45, 7) is 4.40. The molecule has 3 N–H and O–H groups in total. The van der Waals surface area contributed by atoms with Crippen LogP contribution in [0, 0.1) is 17.8 Å². The number of aliphatic carboxylic acids is 1. The molecule has 4 atom stereocenters. The molecular weight excluding hydrogens is 364 g/mol. The molecule has 1 fully saturated rings. The van der Waals surface area contributed by atoms with Crippen molar-refractivity contribution in [1.82, 2.24) is 0 Å². The Bertz CT molecular complexity index is 561. The van der Waals surface area contributed by atoms with Gasteiger partial charge in [0.05, 0.1) is 12.2 Å². The van der Waals surface area contributed by atoms with Gasteiger partial charge >= 0.3 is 5.97 Å². The molecule has 0 aliphatic heterocycles. The lowest BCUT2D eigenvalue weighted by atomic mass is 9.91. The Balaban J connectivity index is 1.87. The normalized spacial score (nSPS) is 24.4. The SMILES string of the molecule is CCCC[C@@H](C)C[C@H](O)/C=C/[C@@H]1C(CCCCCCC(=O)O)=C(C2CC2)C[C@H]1O. The van der Waals surface area contributed by atoms with Gasteiger partial charge in [-0.05, 0) is 56.8 Å². The third kappa shape index (κ3) is 8.64. The Hall–Kier alpha value is -1.13. The number of unbranched alkanes of at least 4 members (excludes halogenated alkanes) is 4. The number of hydrogen-bond donors (Lipinski definition) is 3. The van der Waals surface area contributed by atoms with Gasteiger partial charge in [0.2, 0.25) is 0 Å². The van der Waals surface area contributed by atoms with Gasteiger partial charge in [0.15, 0.2) is 0 Å². The number of aliphatic hydroxyl groups excluding tert-OH is 2. The maximum Gasteiger partial charge on any atom is 0.303 e. The Morgan fingerprint density at radius 3 is 2.55 bits per heavy atom. The van der Waals surface area contributed by atoms with Crippen molar-refractivity contribution in [3.05, 3.63) is 23.3 Å². The summed E-state index contributed by atoms with van der Waals surface area (Å²) in [5, 5.41) is 29.9. The summed E-state index contributed by atoms with van der Waals surface area (Å²) in [4.78, 5) is 10.6. The van der Waals surface area contributed by atoms with Crippen molar-refractivity contribution >= 4 is 5.97 Å². The van der Waals surface area contributed by atoms with E-state index in [2.05, 4.69) is 19.9 Å². The minimum absolute atomic E-state index is 0.0465. The third-order valence-electron chi connectivity index (χ3n) is 6.55. The highest BCUT2D eigenvalue weighted by atomic mass is 16.4. The molecule has 0 heterocycles. The molecule has 4 heteroatoms. The fourth-order valence-electron chi connectivity index (χ4n) is 4.72. The van der Waals surface area contributed by atoms with Crippen LogP contribution in [0.25, 0.3) is 0 Å². The van der Waals surface area contributed by atoms with Gasteiger partial charge in [-0.15, -0.1) is 0 Å². The van der Waals surface area contributed by atoms with Crippen molar-refractivity contribution in [2.24, 2.45) is 17.8 Å². The maximum atomic E-state index is 10.7. The van der Waals surface area contributed by atoms with E-state index in [-0.39, 0.29) is 18.4 Å². The first-order valence-corrected chi connectivity index (χ1v) is 11.9. The van der Waals surface area contributed by atoms with Gasteiger partial charge in [-0.25, -0.2) is 0 Å². The smallest absolute Gasteiger partial charge is 0.303 e. The summed E-state index contributed by atoms with van der Waals surface area (Å²) in [5.74, 6) is 0.524. The molecule has 0 aromatic carbocycles. The third-order valence-corrected chi connectivity index (χ3v) is 6.55. The fourth-order valence-corrected chi connectivity index (χ4v) is 4.72. The molecule has 2 aliphatic carbocycles. The van der Waals surface area contributed by atoms with Gasteiger partial charge in [0.1, 0.15) is 0 Å². The standard InChI is InChI=1S/C25H42O4/c1-3-4-9-18(2)16-20(26)14-15-22-21(10-7-5-6-8-11-25(28)29)23(17-24(22)27)19-12-13-19/h14-15,18-20,22,24,26-27H,3-13,16-17H2,1-2H3,(H,28,29)/b15-14+/t18-,20-,22-,24-/m1/s1. The Morgan fingerprint density at radius 1 is 1.17 bits per heavy atom. The van der Waals surface area contributed by atoms with Crippen LogP contribution in [0.5, 0.6) is 0 Å². The van der Waals surface area contributed by atoms with Gasteiger partial charge in [0, 0.05) is 12.3 Å². The molecule has 2 aliphatic rings. The molecule has 166 valence electrons. The molecule has 0 spiro atoms. The number of aliphatic hydroxyl groups is 2. The summed E-state index contributed by atoms with van der Waals surface area (Å²) in [5.41, 5.74) is 2.88. The fraction of sp³-hybridized carbons (Fsp3) is 0.800. The van der Waals surface area contributed by atoms with Crippen molar-refractivity contribution < 1.29 is 20.1 Å². The van der Waals surface area contributed by atoms with Crippen LogP contribution in [-0.2, 0) is 4.79 Å². The monoisotopic (exact) mass is 406 g/mol. The highest BCUT2D eigenvalue weighted by Gasteiger charge is 2.38. The quantitative estimate of drug-likeness (QED) is 0.243. The Kier molecular flexibility index (Phi) is 10.4. The van der Waals surface area contributed by atoms with Crippen molar-refractivity contribution in [2.45, 2.75) is 110 Å². The predicted molar refractivity (Wildman–Crippen MR) is 118 cm³/mol. The first-order valence-electron chi connectivity index (χ1n) is 11.9. The van der Waals surface area contributed by atoms with Crippen molar-refractivity contribution in [3.63, 3.8) is 0 Å². The zero-order chi connectivity index (χ0) is 21.2. The lowest BCUT2D eigenvalue weighted by Gasteiger charge is -2.18. The van der Waals surface area contributed by atoms with Gasteiger partial charge in [-0.2, -0.15) is 0 Å². The molecule has 29 heavy (non-hydrogen) atoms. The summed E-state index contributed by atoms with van der Waals surface area (Å²) >= 11 is 0. The largest absolute Gasteiger partial charge is 0.481 e. The molecule has 0 aromatic rings. The molecule has 0 radical (unpaired) electrons. The van der Waals surface area contributed by atoms with Crippen LogP contribution in [-0.4, -0.2) is 33.5 Å². The second-order valence-corrected chi connectivity index (χ2v) is 9.37. The Morgan fingerprint density at radius 2 is 1.90 bits per heavy atom. The summed E-state index contributed by atoms with van der Waals surface area (Å²) in [7, 11) is 0. The first-order chi connectivity index (χ1) is 13.9. The zero-order valence-corrected chi connectivity index (χ0v) is 18.5. The number of carboxylic acids is 1. The molecule has 0 saturated heterocycles. The number of carboxylic acid groups (broad SMARTS) is 1. The van der Waals surface area contributed by atoms with E-state index in [1.807, 2.05) is 6.08 Å². The lowest BCUT2D eigenvalue weighted by molar-refractivity contribution is -0.137. The van der Waals surface area contributed by atoms with Crippen molar-refractivity contribution in [2.75, 3.05) is 0 Å². The van der Waals surface area contributed by atoms with E-state index in [4.69, 9.17) is 5.11 Å². The summed E-state index contributed by atoms with van der Waals surface area (Å²) < 4.78 is 0. The van der Waals surface area contributed by atoms with Gasteiger partial charge in [-0.1, -0.05) is 69.2 Å². The average Bonchev–Trinajstić information content (AvgIpc) is 3.46. The van der Waals surface area contributed by atoms with Crippen LogP contribution in [0.15, 0.2) is 23.3 Å². The summed E-state index contributed by atoms with van der Waals surface area (Å²) in [6, 6.07) is 0. The highest BCUT2D eigenvalue weighted by molar-refractivity contribution is 5.66. The van der Waals surface area contributed by atoms with Crippen LogP contribution in [0.1, 0.15) is 97.3 Å². The minimum Gasteiger partial charge on any atom is -0.481 e. The van der Waals surface area contributed by atoms with Crippen LogP contribution in [0.3, 0.4) is 0 Å². The second kappa shape index (κ2) is 12.5. The summed E-state index contributed by atoms with van der Waals surface area (Å²) in [6.07, 6.45) is 15.9. The van der Waals surface area contributed by atoms with E-state index in [0.717, 1.165) is 51.4 Å². The van der Waals surface area contributed by atoms with E-state index < -0.39 is 12.1 Å². The number of carbonyl (C=O) groups is 1. The highest BCUT2D eigenvalue weighted by Crippen LogP contribution is 2.48. The van der Waals surface area contributed by atoms with E-state index in [0.29, 0.717) is 11.8 Å². The number of hydrogen-bond acceptors (Lipinski definition) is 3. The van der Waals surface area contributed by atoms with Gasteiger partial charge < -0.3 is 15.3 Å². The predicted octanol–water partition coefficient (Wildman–Crippen LogP) is 5.63. The maximum absolute atomic E-state index is 10.7. The molecule has 0 aromatic heterocycles. The first kappa shape index (κ1) is 24.1. The molecule has 0 unspecified atom stereocenters. The second-order valence-electron chi connectivity index (χ2n) is 9.37. The van der Waals surface area contributed by atoms with E-state index in [1.165, 1.54) is 36.8 Å². The molecule has 0 amide bonds. The van der Waals surface area contributed by atoms with Crippen LogP contribution < -0.4 is 0 Å².